The number of aromatic nitrogens is 2. The van der Waals surface area contributed by atoms with Crippen molar-refractivity contribution in [2.75, 3.05) is 6.61 Å². The number of hydrogen-bond donors (Lipinski definition) is 5. The lowest BCUT2D eigenvalue weighted by molar-refractivity contribution is -0.0550. The third-order valence-corrected chi connectivity index (χ3v) is 3.87. The van der Waals surface area contributed by atoms with Gasteiger partial charge < -0.3 is 25.4 Å². The van der Waals surface area contributed by atoms with Gasteiger partial charge in [0.15, 0.2) is 6.23 Å². The largest absolute Gasteiger partial charge is 0.394 e. The second-order valence-corrected chi connectivity index (χ2v) is 5.41. The maximum atomic E-state index is 12.1. The van der Waals surface area contributed by atoms with Crippen molar-refractivity contribution in [1.29, 1.82) is 0 Å². The van der Waals surface area contributed by atoms with Crippen LogP contribution >= 0.6 is 0 Å². The number of aliphatic hydroxyl groups is 3. The van der Waals surface area contributed by atoms with Crippen LogP contribution in [0.3, 0.4) is 0 Å². The predicted molar refractivity (Wildman–Crippen MR) is 83.7 cm³/mol. The van der Waals surface area contributed by atoms with Crippen molar-refractivity contribution in [2.24, 2.45) is 0 Å². The van der Waals surface area contributed by atoms with Crippen molar-refractivity contribution < 1.29 is 20.1 Å². The number of aliphatic hydroxyl groups excluding tert-OH is 3. The number of allylic oxidation sites excluding steroid dienone is 4. The number of aromatic amines is 1. The van der Waals surface area contributed by atoms with Gasteiger partial charge in [0.2, 0.25) is 0 Å². The third-order valence-electron chi connectivity index (χ3n) is 3.87. The molecule has 1 fully saturated rings. The standard InChI is InChI=1S/C15H17N3O6/c19-7-10-11(20)12(21)14(24-10)18-6-8(13(22)17-15(18)23)9-4-2-1-3-5-16-9/h1-6,10-12,14,16,19-21H,7H2,(H,17,22,23)/t10-,11-,12-,14-/m1/s1. The van der Waals surface area contributed by atoms with Gasteiger partial charge in [0.1, 0.15) is 18.3 Å². The minimum Gasteiger partial charge on any atom is -0.394 e. The lowest BCUT2D eigenvalue weighted by atomic mass is 10.1. The lowest BCUT2D eigenvalue weighted by Gasteiger charge is -2.18. The lowest BCUT2D eigenvalue weighted by Crippen LogP contribution is -2.39. The van der Waals surface area contributed by atoms with E-state index in [4.69, 9.17) is 9.84 Å². The number of nitrogens with one attached hydrogen (secondary N) is 2. The molecule has 2 aliphatic rings. The summed E-state index contributed by atoms with van der Waals surface area (Å²) in [6.07, 6.45) is 4.72. The van der Waals surface area contributed by atoms with E-state index in [0.717, 1.165) is 4.57 Å². The zero-order valence-corrected chi connectivity index (χ0v) is 12.5. The first-order valence-electron chi connectivity index (χ1n) is 7.31. The molecule has 5 N–H and O–H groups in total. The zero-order valence-electron chi connectivity index (χ0n) is 12.5. The maximum Gasteiger partial charge on any atom is 0.330 e. The molecular formula is C15H17N3O6. The molecule has 0 amide bonds. The van der Waals surface area contributed by atoms with Gasteiger partial charge in [-0.1, -0.05) is 12.2 Å². The molecule has 3 rings (SSSR count). The predicted octanol–water partition coefficient (Wildman–Crippen LogP) is -1.84. The maximum absolute atomic E-state index is 12.1. The van der Waals surface area contributed by atoms with Crippen molar-refractivity contribution in [3.05, 3.63) is 63.1 Å². The molecule has 2 aliphatic heterocycles. The van der Waals surface area contributed by atoms with E-state index < -0.39 is 42.4 Å². The number of ether oxygens (including phenoxy) is 1. The summed E-state index contributed by atoms with van der Waals surface area (Å²) in [4.78, 5) is 26.3. The Labute approximate surface area is 135 Å². The van der Waals surface area contributed by atoms with Crippen LogP contribution in [0.4, 0.5) is 0 Å². The van der Waals surface area contributed by atoms with Gasteiger partial charge in [0.05, 0.1) is 17.9 Å². The minimum atomic E-state index is -1.42. The molecule has 9 heteroatoms. The van der Waals surface area contributed by atoms with E-state index in [1.165, 1.54) is 6.20 Å². The van der Waals surface area contributed by atoms with Crippen molar-refractivity contribution in [2.45, 2.75) is 24.5 Å². The number of H-pyrrole nitrogens is 1. The summed E-state index contributed by atoms with van der Waals surface area (Å²) in [5.74, 6) is 0. The Morgan fingerprint density at radius 3 is 2.67 bits per heavy atom. The fourth-order valence-corrected chi connectivity index (χ4v) is 2.60. The fourth-order valence-electron chi connectivity index (χ4n) is 2.60. The van der Waals surface area contributed by atoms with E-state index >= 15 is 0 Å². The van der Waals surface area contributed by atoms with Crippen molar-refractivity contribution in [1.82, 2.24) is 14.9 Å². The molecule has 1 aromatic heterocycles. The molecule has 4 atom stereocenters. The van der Waals surface area contributed by atoms with Gasteiger partial charge in [-0.3, -0.25) is 14.3 Å². The summed E-state index contributed by atoms with van der Waals surface area (Å²) < 4.78 is 6.32. The summed E-state index contributed by atoms with van der Waals surface area (Å²) in [5.41, 5.74) is -0.797. The third kappa shape index (κ3) is 2.85. The second-order valence-electron chi connectivity index (χ2n) is 5.41. The monoisotopic (exact) mass is 335 g/mol. The Balaban J connectivity index is 2.04. The van der Waals surface area contributed by atoms with Crippen molar-refractivity contribution in [3.8, 4) is 0 Å². The highest BCUT2D eigenvalue weighted by Crippen LogP contribution is 2.28. The molecule has 1 aromatic rings. The first-order chi connectivity index (χ1) is 11.5. The van der Waals surface area contributed by atoms with Crippen LogP contribution in [0.1, 0.15) is 11.8 Å². The molecule has 0 saturated carbocycles. The van der Waals surface area contributed by atoms with Gasteiger partial charge in [-0.25, -0.2) is 4.79 Å². The summed E-state index contributed by atoms with van der Waals surface area (Å²) in [5, 5.41) is 31.9. The van der Waals surface area contributed by atoms with Crippen LogP contribution in [0.25, 0.3) is 5.70 Å². The van der Waals surface area contributed by atoms with E-state index in [-0.39, 0.29) is 5.56 Å². The average Bonchev–Trinajstić information content (AvgIpc) is 2.75. The molecule has 24 heavy (non-hydrogen) atoms. The van der Waals surface area contributed by atoms with Crippen molar-refractivity contribution >= 4 is 5.70 Å². The van der Waals surface area contributed by atoms with Gasteiger partial charge in [0.25, 0.3) is 5.56 Å². The fraction of sp³-hybridized carbons (Fsp3) is 0.333. The van der Waals surface area contributed by atoms with Gasteiger partial charge in [-0.2, -0.15) is 0 Å². The zero-order chi connectivity index (χ0) is 17.3. The Bertz CT molecular complexity index is 821. The topological polar surface area (TPSA) is 137 Å². The number of rotatable bonds is 3. The summed E-state index contributed by atoms with van der Waals surface area (Å²) in [6.45, 7) is -0.512. The van der Waals surface area contributed by atoms with Crippen LogP contribution in [0.5, 0.6) is 0 Å². The molecule has 128 valence electrons. The van der Waals surface area contributed by atoms with Gasteiger partial charge in [0, 0.05) is 12.4 Å². The van der Waals surface area contributed by atoms with Crippen LogP contribution < -0.4 is 16.6 Å². The molecule has 3 heterocycles. The number of hydrogen-bond acceptors (Lipinski definition) is 7. The number of nitrogens with zero attached hydrogens (tertiary/aromatic N) is 1. The van der Waals surface area contributed by atoms with Gasteiger partial charge >= 0.3 is 5.69 Å². The van der Waals surface area contributed by atoms with E-state index in [1.807, 2.05) is 0 Å². The van der Waals surface area contributed by atoms with E-state index in [2.05, 4.69) is 10.3 Å². The summed E-state index contributed by atoms with van der Waals surface area (Å²) in [7, 11) is 0. The normalized spacial score (nSPS) is 29.2. The summed E-state index contributed by atoms with van der Waals surface area (Å²) >= 11 is 0. The highest BCUT2D eigenvalue weighted by atomic mass is 16.6. The average molecular weight is 335 g/mol. The minimum absolute atomic E-state index is 0.156. The molecule has 9 nitrogen and oxygen atoms in total. The Morgan fingerprint density at radius 2 is 1.96 bits per heavy atom. The Kier molecular flexibility index (Phi) is 4.49. The van der Waals surface area contributed by atoms with Gasteiger partial charge in [-0.15, -0.1) is 0 Å². The quantitative estimate of drug-likeness (QED) is 0.438. The van der Waals surface area contributed by atoms with Crippen LogP contribution in [-0.2, 0) is 4.74 Å². The van der Waals surface area contributed by atoms with E-state index in [0.29, 0.717) is 5.70 Å². The molecule has 0 aromatic carbocycles. The molecule has 0 unspecified atom stereocenters. The Morgan fingerprint density at radius 1 is 1.17 bits per heavy atom. The molecule has 0 bridgehead atoms. The first kappa shape index (κ1) is 16.4. The van der Waals surface area contributed by atoms with Crippen molar-refractivity contribution in [3.63, 3.8) is 0 Å². The van der Waals surface area contributed by atoms with Gasteiger partial charge in [-0.05, 0) is 12.2 Å². The first-order valence-corrected chi connectivity index (χ1v) is 7.31. The molecular weight excluding hydrogens is 318 g/mol. The molecule has 0 aliphatic carbocycles. The highest BCUT2D eigenvalue weighted by Gasteiger charge is 2.43. The Hall–Kier alpha value is -2.46. The van der Waals surface area contributed by atoms with E-state index in [9.17, 15) is 19.8 Å². The molecule has 0 spiro atoms. The van der Waals surface area contributed by atoms with Crippen LogP contribution in [0.2, 0.25) is 0 Å². The highest BCUT2D eigenvalue weighted by molar-refractivity contribution is 5.65. The van der Waals surface area contributed by atoms with Crippen LogP contribution in [-0.4, -0.2) is 49.8 Å². The van der Waals surface area contributed by atoms with Crippen LogP contribution in [0, 0.1) is 0 Å². The molecule has 0 radical (unpaired) electrons. The van der Waals surface area contributed by atoms with E-state index in [1.54, 1.807) is 30.5 Å². The van der Waals surface area contributed by atoms with Crippen LogP contribution in [0.15, 0.2) is 46.3 Å². The molecule has 1 saturated heterocycles. The smallest absolute Gasteiger partial charge is 0.330 e. The summed E-state index contributed by atoms with van der Waals surface area (Å²) in [6, 6.07) is 0. The SMILES string of the molecule is O=c1[nH]c(=O)n([C@@H]2O[C@H](CO)[C@@H](O)[C@H]2O)cc1C1=CC=CC=CN1. The second kappa shape index (κ2) is 6.57.